The molecule has 3 unspecified atom stereocenters. The maximum atomic E-state index is 13.1. The Bertz CT molecular complexity index is 1040. The van der Waals surface area contributed by atoms with Crippen molar-refractivity contribution in [1.82, 2.24) is 4.57 Å². The maximum absolute atomic E-state index is 13.1. The van der Waals surface area contributed by atoms with Crippen molar-refractivity contribution < 1.29 is 14.9 Å². The molecule has 1 fully saturated rings. The topological polar surface area (TPSA) is 71.7 Å². The molecule has 0 amide bonds. The van der Waals surface area contributed by atoms with Gasteiger partial charge >= 0.3 is 0 Å². The van der Waals surface area contributed by atoms with E-state index in [-0.39, 0.29) is 23.2 Å². The molecule has 0 spiro atoms. The summed E-state index contributed by atoms with van der Waals surface area (Å²) >= 11 is 0. The molecule has 1 aliphatic heterocycles. The molecule has 0 saturated carbocycles. The fourth-order valence-electron chi connectivity index (χ4n) is 5.02. The Morgan fingerprint density at radius 2 is 1.88 bits per heavy atom. The molecule has 180 valence electrons. The number of ether oxygens (including phenoxy) is 1. The van der Waals surface area contributed by atoms with Crippen molar-refractivity contribution in [3.63, 3.8) is 0 Å². The zero-order valence-corrected chi connectivity index (χ0v) is 20.8. The Morgan fingerprint density at radius 1 is 1.21 bits per heavy atom. The van der Waals surface area contributed by atoms with E-state index in [0.717, 1.165) is 18.4 Å². The molecule has 1 aliphatic rings. The van der Waals surface area contributed by atoms with Crippen LogP contribution in [0.1, 0.15) is 72.0 Å². The van der Waals surface area contributed by atoms with Crippen LogP contribution in [0.3, 0.4) is 0 Å². The number of hydrogen-bond donors (Lipinski definition) is 2. The van der Waals surface area contributed by atoms with Gasteiger partial charge in [0, 0.05) is 18.8 Å². The Kier molecular flexibility index (Phi) is 8.06. The molecule has 5 nitrogen and oxygen atoms in total. The second-order valence-corrected chi connectivity index (χ2v) is 10.0. The summed E-state index contributed by atoms with van der Waals surface area (Å²) in [6, 6.07) is 6.61. The van der Waals surface area contributed by atoms with Crippen molar-refractivity contribution in [1.29, 1.82) is 0 Å². The van der Waals surface area contributed by atoms with Gasteiger partial charge in [-0.05, 0) is 67.2 Å². The van der Waals surface area contributed by atoms with E-state index in [0.29, 0.717) is 35.3 Å². The van der Waals surface area contributed by atoms with Crippen molar-refractivity contribution in [3.8, 4) is 22.6 Å². The van der Waals surface area contributed by atoms with Crippen LogP contribution in [0.5, 0.6) is 11.5 Å². The lowest BCUT2D eigenvalue weighted by Crippen LogP contribution is -2.34. The number of nitrogens with zero attached hydrogens (tertiary/aromatic N) is 1. The van der Waals surface area contributed by atoms with E-state index >= 15 is 0 Å². The van der Waals surface area contributed by atoms with Crippen LogP contribution in [0, 0.1) is 17.8 Å². The van der Waals surface area contributed by atoms with Gasteiger partial charge in [-0.25, -0.2) is 0 Å². The minimum atomic E-state index is -0.463. The monoisotopic (exact) mass is 453 g/mol. The van der Waals surface area contributed by atoms with Crippen LogP contribution >= 0.6 is 0 Å². The summed E-state index contributed by atoms with van der Waals surface area (Å²) in [5.41, 5.74) is 2.58. The molecular weight excluding hydrogens is 414 g/mol. The fraction of sp³-hybridized carbons (Fsp3) is 0.536. The van der Waals surface area contributed by atoms with Crippen molar-refractivity contribution >= 4 is 0 Å². The lowest BCUT2D eigenvalue weighted by atomic mass is 9.85. The van der Waals surface area contributed by atoms with E-state index in [2.05, 4.69) is 40.7 Å². The molecule has 2 N–H and O–H groups in total. The first-order valence-corrected chi connectivity index (χ1v) is 12.2. The third-order valence-electron chi connectivity index (χ3n) is 7.06. The standard InChI is InChI=1S/C28H39NO4/c1-7-17(2)14-18(3)15-20(5)27-19(4)8-13-24(33-27)25-26(31)23(16-29(6)28(25)32)21-9-11-22(30)12-10-21/h9-12,15-19,24,27,30-31H,7-8,13-14H2,1-6H3/b20-15+/t17?,18?,19?,24-,27+/m0/s1. The summed E-state index contributed by atoms with van der Waals surface area (Å²) < 4.78 is 8.03. The van der Waals surface area contributed by atoms with Gasteiger partial charge in [-0.2, -0.15) is 0 Å². The van der Waals surface area contributed by atoms with Gasteiger partial charge in [-0.1, -0.05) is 52.3 Å². The summed E-state index contributed by atoms with van der Waals surface area (Å²) in [7, 11) is 1.69. The first-order valence-electron chi connectivity index (χ1n) is 12.2. The minimum absolute atomic E-state index is 0.0335. The third-order valence-corrected chi connectivity index (χ3v) is 7.06. The first kappa shape index (κ1) is 25.1. The summed E-state index contributed by atoms with van der Waals surface area (Å²) in [5, 5.41) is 20.8. The average Bonchev–Trinajstić information content (AvgIpc) is 2.77. The molecule has 2 aromatic rings. The molecule has 3 rings (SSSR count). The highest BCUT2D eigenvalue weighted by Crippen LogP contribution is 2.42. The van der Waals surface area contributed by atoms with Crippen molar-refractivity contribution in [2.75, 3.05) is 0 Å². The number of phenolic OH excluding ortho intramolecular Hbond substituents is 1. The van der Waals surface area contributed by atoms with E-state index in [4.69, 9.17) is 4.74 Å². The number of aryl methyl sites for hydroxylation is 1. The number of phenols is 1. The van der Waals surface area contributed by atoms with Crippen molar-refractivity contribution in [2.24, 2.45) is 24.8 Å². The highest BCUT2D eigenvalue weighted by molar-refractivity contribution is 5.71. The van der Waals surface area contributed by atoms with Gasteiger partial charge in [0.15, 0.2) is 0 Å². The van der Waals surface area contributed by atoms with Gasteiger partial charge in [0.1, 0.15) is 11.5 Å². The zero-order chi connectivity index (χ0) is 24.3. The number of hydrogen-bond acceptors (Lipinski definition) is 4. The predicted octanol–water partition coefficient (Wildman–Crippen LogP) is 6.34. The smallest absolute Gasteiger partial charge is 0.259 e. The van der Waals surface area contributed by atoms with Crippen LogP contribution in [0.15, 0.2) is 46.9 Å². The molecule has 0 aliphatic carbocycles. The number of allylic oxidation sites excluding steroid dienone is 1. The Labute approximate surface area is 197 Å². The van der Waals surface area contributed by atoms with Crippen LogP contribution in [0.4, 0.5) is 0 Å². The summed E-state index contributed by atoms with van der Waals surface area (Å²) in [6.45, 7) is 11.1. The van der Waals surface area contributed by atoms with Gasteiger partial charge < -0.3 is 19.5 Å². The molecular formula is C28H39NO4. The third kappa shape index (κ3) is 5.70. The highest BCUT2D eigenvalue weighted by Gasteiger charge is 2.34. The predicted molar refractivity (Wildman–Crippen MR) is 133 cm³/mol. The van der Waals surface area contributed by atoms with E-state index in [9.17, 15) is 15.0 Å². The molecule has 1 aromatic carbocycles. The molecule has 2 heterocycles. The van der Waals surface area contributed by atoms with Gasteiger partial charge in [0.05, 0.1) is 17.8 Å². The van der Waals surface area contributed by atoms with Gasteiger partial charge in [0.2, 0.25) is 0 Å². The molecule has 5 atom stereocenters. The van der Waals surface area contributed by atoms with E-state index in [1.165, 1.54) is 16.6 Å². The van der Waals surface area contributed by atoms with E-state index < -0.39 is 6.10 Å². The highest BCUT2D eigenvalue weighted by atomic mass is 16.5. The van der Waals surface area contributed by atoms with Crippen LogP contribution in [0.25, 0.3) is 11.1 Å². The molecule has 1 saturated heterocycles. The molecule has 33 heavy (non-hydrogen) atoms. The van der Waals surface area contributed by atoms with E-state index in [1.54, 1.807) is 37.5 Å². The summed E-state index contributed by atoms with van der Waals surface area (Å²) in [4.78, 5) is 13.1. The van der Waals surface area contributed by atoms with Crippen LogP contribution < -0.4 is 5.56 Å². The first-order chi connectivity index (χ1) is 15.6. The van der Waals surface area contributed by atoms with E-state index in [1.807, 2.05) is 0 Å². The summed E-state index contributed by atoms with van der Waals surface area (Å²) in [5.74, 6) is 1.62. The quantitative estimate of drug-likeness (QED) is 0.480. The number of rotatable bonds is 7. The lowest BCUT2D eigenvalue weighted by Gasteiger charge is -2.36. The van der Waals surface area contributed by atoms with Crippen molar-refractivity contribution in [3.05, 3.63) is 58.0 Å². The van der Waals surface area contributed by atoms with Crippen LogP contribution in [-0.4, -0.2) is 20.9 Å². The maximum Gasteiger partial charge on any atom is 0.259 e. The van der Waals surface area contributed by atoms with Gasteiger partial charge in [-0.3, -0.25) is 4.79 Å². The molecule has 1 aromatic heterocycles. The second-order valence-electron chi connectivity index (χ2n) is 10.0. The van der Waals surface area contributed by atoms with Gasteiger partial charge in [0.25, 0.3) is 5.56 Å². The van der Waals surface area contributed by atoms with Crippen LogP contribution in [0.2, 0.25) is 0 Å². The lowest BCUT2D eigenvalue weighted by molar-refractivity contribution is -0.0631. The van der Waals surface area contributed by atoms with Gasteiger partial charge in [-0.15, -0.1) is 0 Å². The Hall–Kier alpha value is -2.53. The van der Waals surface area contributed by atoms with Crippen LogP contribution in [-0.2, 0) is 11.8 Å². The zero-order valence-electron chi connectivity index (χ0n) is 20.8. The van der Waals surface area contributed by atoms with Crippen molar-refractivity contribution in [2.45, 2.75) is 72.5 Å². The number of aromatic nitrogens is 1. The minimum Gasteiger partial charge on any atom is -0.508 e. The normalized spacial score (nSPS) is 23.3. The number of aromatic hydroxyl groups is 2. The SMILES string of the molecule is CCC(C)CC(C)/C=C(\C)[C@@H]1O[C@H](c2c(O)c(-c3ccc(O)cc3)cn(C)c2=O)CCC1C. The molecule has 0 radical (unpaired) electrons. The largest absolute Gasteiger partial charge is 0.508 e. The number of benzene rings is 1. The number of pyridine rings is 1. The molecule has 5 heteroatoms. The second kappa shape index (κ2) is 10.6. The Balaban J connectivity index is 1.93. The fourth-order valence-corrected chi connectivity index (χ4v) is 5.02. The average molecular weight is 454 g/mol. The Morgan fingerprint density at radius 3 is 2.52 bits per heavy atom. The molecule has 0 bridgehead atoms. The summed E-state index contributed by atoms with van der Waals surface area (Å²) in [6.07, 6.45) is 7.35.